The lowest BCUT2D eigenvalue weighted by molar-refractivity contribution is 0.102. The quantitative estimate of drug-likeness (QED) is 0.839. The van der Waals surface area contributed by atoms with Crippen LogP contribution in [-0.4, -0.2) is 21.1 Å². The lowest BCUT2D eigenvalue weighted by Crippen LogP contribution is -2.16. The maximum absolute atomic E-state index is 13.1. The number of hydrogen-bond donors (Lipinski definition) is 2. The molecular weight excluding hydrogens is 273 g/mol. The molecule has 7 heteroatoms. The van der Waals surface area contributed by atoms with Gasteiger partial charge >= 0.3 is 0 Å². The fourth-order valence-electron chi connectivity index (χ4n) is 1.85. The third kappa shape index (κ3) is 3.31. The van der Waals surface area contributed by atoms with Crippen LogP contribution in [0.1, 0.15) is 35.6 Å². The highest BCUT2D eigenvalue weighted by Gasteiger charge is 2.12. The largest absolute Gasteiger partial charge is 0.396 e. The van der Waals surface area contributed by atoms with Gasteiger partial charge in [-0.05, 0) is 31.0 Å². The van der Waals surface area contributed by atoms with Gasteiger partial charge in [0.15, 0.2) is 0 Å². The molecule has 1 amide bonds. The minimum atomic E-state index is -0.565. The molecule has 1 aromatic heterocycles. The van der Waals surface area contributed by atoms with E-state index < -0.39 is 11.7 Å². The van der Waals surface area contributed by atoms with Gasteiger partial charge in [-0.25, -0.2) is 9.37 Å². The van der Waals surface area contributed by atoms with Crippen molar-refractivity contribution in [3.8, 4) is 0 Å². The van der Waals surface area contributed by atoms with Crippen molar-refractivity contribution >= 4 is 17.5 Å². The molecule has 0 saturated heterocycles. The van der Waals surface area contributed by atoms with Crippen molar-refractivity contribution in [2.75, 3.05) is 11.1 Å². The molecule has 1 aromatic carbocycles. The molecule has 110 valence electrons. The lowest BCUT2D eigenvalue weighted by Gasteiger charge is -2.07. The summed E-state index contributed by atoms with van der Waals surface area (Å²) in [6.45, 7) is 3.92. The molecule has 0 aliphatic heterocycles. The van der Waals surface area contributed by atoms with Crippen molar-refractivity contribution in [1.82, 2.24) is 15.2 Å². The maximum Gasteiger partial charge on any atom is 0.258 e. The van der Waals surface area contributed by atoms with Crippen molar-refractivity contribution in [1.29, 1.82) is 0 Å². The number of benzene rings is 1. The maximum atomic E-state index is 13.1. The Morgan fingerprint density at radius 2 is 1.95 bits per heavy atom. The van der Waals surface area contributed by atoms with Crippen LogP contribution >= 0.6 is 0 Å². The molecule has 21 heavy (non-hydrogen) atoms. The summed E-state index contributed by atoms with van der Waals surface area (Å²) in [6.07, 6.45) is 1.43. The molecule has 3 N–H and O–H groups in total. The fourth-order valence-corrected chi connectivity index (χ4v) is 1.85. The zero-order valence-corrected chi connectivity index (χ0v) is 11.9. The molecule has 0 spiro atoms. The molecule has 0 aliphatic rings. The molecule has 0 aliphatic carbocycles. The Morgan fingerprint density at radius 1 is 1.24 bits per heavy atom. The number of nitrogens with zero attached hydrogens (tertiary/aromatic N) is 3. The Bertz CT molecular complexity index is 674. The van der Waals surface area contributed by atoms with Crippen molar-refractivity contribution in [2.45, 2.75) is 26.7 Å². The highest BCUT2D eigenvalue weighted by molar-refractivity contribution is 6.03. The van der Waals surface area contributed by atoms with Crippen LogP contribution in [0.5, 0.6) is 0 Å². The summed E-state index contributed by atoms with van der Waals surface area (Å²) < 4.78 is 13.1. The first-order valence-corrected chi connectivity index (χ1v) is 6.64. The molecule has 6 nitrogen and oxygen atoms in total. The predicted octanol–water partition coefficient (Wildman–Crippen LogP) is 1.97. The summed E-state index contributed by atoms with van der Waals surface area (Å²) in [4.78, 5) is 16.3. The Labute approximate surface area is 121 Å². The number of aryl methyl sites for hydroxylation is 2. The van der Waals surface area contributed by atoms with Crippen LogP contribution in [0.15, 0.2) is 18.2 Å². The molecule has 0 fully saturated rings. The second-order valence-corrected chi connectivity index (χ2v) is 4.43. The van der Waals surface area contributed by atoms with Gasteiger partial charge in [0.25, 0.3) is 5.91 Å². The van der Waals surface area contributed by atoms with Gasteiger partial charge in [-0.3, -0.25) is 10.1 Å². The molecule has 0 radical (unpaired) electrons. The van der Waals surface area contributed by atoms with Gasteiger partial charge in [-0.15, -0.1) is 10.2 Å². The number of rotatable bonds is 4. The summed E-state index contributed by atoms with van der Waals surface area (Å²) in [5.41, 5.74) is 7.18. The highest BCUT2D eigenvalue weighted by Crippen LogP contribution is 2.14. The van der Waals surface area contributed by atoms with Crippen LogP contribution in [-0.2, 0) is 12.8 Å². The lowest BCUT2D eigenvalue weighted by atomic mass is 10.2. The number of nitrogens with two attached hydrogens (primary N) is 1. The first-order chi connectivity index (χ1) is 10.0. The van der Waals surface area contributed by atoms with E-state index in [-0.39, 0.29) is 17.2 Å². The van der Waals surface area contributed by atoms with E-state index in [0.717, 1.165) is 23.9 Å². The summed E-state index contributed by atoms with van der Waals surface area (Å²) in [5, 5.41) is 10.4. The third-order valence-electron chi connectivity index (χ3n) is 2.99. The molecule has 2 rings (SSSR count). The van der Waals surface area contributed by atoms with Gasteiger partial charge in [0.1, 0.15) is 5.82 Å². The van der Waals surface area contributed by atoms with E-state index in [1.54, 1.807) is 0 Å². The Hall–Kier alpha value is -2.57. The molecular formula is C14H16FN5O. The number of amides is 1. The average Bonchev–Trinajstić information content (AvgIpc) is 2.49. The van der Waals surface area contributed by atoms with Crippen LogP contribution < -0.4 is 11.1 Å². The Kier molecular flexibility index (Phi) is 4.42. The minimum absolute atomic E-state index is 0.0859. The number of carbonyl (C=O) groups is 1. The molecule has 0 atom stereocenters. The van der Waals surface area contributed by atoms with Crippen molar-refractivity contribution < 1.29 is 9.18 Å². The van der Waals surface area contributed by atoms with Crippen molar-refractivity contribution in [3.63, 3.8) is 0 Å². The number of carbonyl (C=O) groups excluding carboxylic acids is 1. The van der Waals surface area contributed by atoms with Gasteiger partial charge < -0.3 is 5.73 Å². The average molecular weight is 289 g/mol. The van der Waals surface area contributed by atoms with Gasteiger partial charge in [0, 0.05) is 5.56 Å². The fraction of sp³-hybridized carbons (Fsp3) is 0.286. The zero-order chi connectivity index (χ0) is 15.4. The van der Waals surface area contributed by atoms with Gasteiger partial charge in [0.05, 0.1) is 17.1 Å². The number of aromatic nitrogens is 3. The van der Waals surface area contributed by atoms with E-state index in [2.05, 4.69) is 20.5 Å². The van der Waals surface area contributed by atoms with Gasteiger partial charge in [0.2, 0.25) is 5.95 Å². The highest BCUT2D eigenvalue weighted by atomic mass is 19.1. The number of nitrogen functional groups attached to an aromatic ring is 1. The third-order valence-corrected chi connectivity index (χ3v) is 2.99. The Balaban J connectivity index is 2.21. The van der Waals surface area contributed by atoms with Crippen molar-refractivity contribution in [2.24, 2.45) is 0 Å². The Morgan fingerprint density at radius 3 is 2.57 bits per heavy atom. The van der Waals surface area contributed by atoms with Crippen LogP contribution in [0.4, 0.5) is 16.0 Å². The summed E-state index contributed by atoms with van der Waals surface area (Å²) >= 11 is 0. The van der Waals surface area contributed by atoms with Crippen LogP contribution in [0, 0.1) is 5.82 Å². The van der Waals surface area contributed by atoms with Crippen LogP contribution in [0.3, 0.4) is 0 Å². The number of halogens is 1. The first-order valence-electron chi connectivity index (χ1n) is 6.64. The van der Waals surface area contributed by atoms with E-state index in [9.17, 15) is 9.18 Å². The summed E-state index contributed by atoms with van der Waals surface area (Å²) in [6, 6.07) is 3.75. The second-order valence-electron chi connectivity index (χ2n) is 4.43. The van der Waals surface area contributed by atoms with E-state index in [1.165, 1.54) is 12.1 Å². The number of nitrogens with one attached hydrogen (secondary N) is 1. The first kappa shape index (κ1) is 14.8. The summed E-state index contributed by atoms with van der Waals surface area (Å²) in [5.74, 6) is -0.906. The van der Waals surface area contributed by atoms with E-state index >= 15 is 0 Å². The predicted molar refractivity (Wildman–Crippen MR) is 77.3 cm³/mol. The van der Waals surface area contributed by atoms with Gasteiger partial charge in [-0.1, -0.05) is 13.8 Å². The van der Waals surface area contributed by atoms with Crippen LogP contribution in [0.25, 0.3) is 0 Å². The monoisotopic (exact) mass is 289 g/mol. The molecule has 1 heterocycles. The molecule has 2 aromatic rings. The zero-order valence-electron chi connectivity index (χ0n) is 11.9. The van der Waals surface area contributed by atoms with Crippen LogP contribution in [0.2, 0.25) is 0 Å². The second kappa shape index (κ2) is 6.25. The number of hydrogen-bond acceptors (Lipinski definition) is 5. The minimum Gasteiger partial charge on any atom is -0.396 e. The normalized spacial score (nSPS) is 10.4. The van der Waals surface area contributed by atoms with E-state index in [0.29, 0.717) is 6.42 Å². The topological polar surface area (TPSA) is 93.8 Å². The molecule has 0 bridgehead atoms. The van der Waals surface area contributed by atoms with E-state index in [4.69, 9.17) is 5.73 Å². The smallest absolute Gasteiger partial charge is 0.258 e. The van der Waals surface area contributed by atoms with E-state index in [1.807, 2.05) is 13.8 Å². The molecule has 0 saturated carbocycles. The summed E-state index contributed by atoms with van der Waals surface area (Å²) in [7, 11) is 0. The standard InChI is InChI=1S/C14H16FN5O/c1-3-11-12(4-2)19-20-14(17-11)18-13(21)8-5-6-9(15)10(16)7-8/h5-7H,3-4,16H2,1-2H3,(H,17,18,20,21). The SMILES string of the molecule is CCc1nnc(NC(=O)c2ccc(F)c(N)c2)nc1CC. The molecule has 0 unspecified atom stereocenters. The van der Waals surface area contributed by atoms with Crippen molar-refractivity contribution in [3.05, 3.63) is 41.0 Å². The number of anilines is 2. The van der Waals surface area contributed by atoms with Gasteiger partial charge in [-0.2, -0.15) is 0 Å².